The molecule has 0 aliphatic carbocycles. The third-order valence-electron chi connectivity index (χ3n) is 2.79. The fourth-order valence-electron chi connectivity index (χ4n) is 1.68. The molecule has 1 heterocycles. The maximum Gasteiger partial charge on any atom is 0.309 e. The number of hydrogen-bond acceptors (Lipinski definition) is 3. The summed E-state index contributed by atoms with van der Waals surface area (Å²) in [5.74, 6) is -1.32. The zero-order valence-electron chi connectivity index (χ0n) is 9.43. The number of carbonyl (C=O) groups is 2. The second-order valence-electron chi connectivity index (χ2n) is 4.33. The van der Waals surface area contributed by atoms with Gasteiger partial charge in [-0.1, -0.05) is 0 Å². The Bertz CT molecular complexity index is 265. The molecule has 15 heavy (non-hydrogen) atoms. The lowest BCUT2D eigenvalue weighted by Crippen LogP contribution is -2.39. The fraction of sp³-hybridized carbons (Fsp3) is 0.800. The molecule has 1 aliphatic rings. The summed E-state index contributed by atoms with van der Waals surface area (Å²) in [7, 11) is 1.65. The second kappa shape index (κ2) is 4.61. The zero-order valence-corrected chi connectivity index (χ0v) is 9.43. The smallest absolute Gasteiger partial charge is 0.309 e. The summed E-state index contributed by atoms with van der Waals surface area (Å²) < 4.78 is 0. The summed E-state index contributed by atoms with van der Waals surface area (Å²) in [6.45, 7) is 5.01. The van der Waals surface area contributed by atoms with Gasteiger partial charge in [-0.05, 0) is 13.8 Å². The third-order valence-corrected chi connectivity index (χ3v) is 2.79. The number of amides is 1. The van der Waals surface area contributed by atoms with Crippen molar-refractivity contribution in [3.8, 4) is 0 Å². The lowest BCUT2D eigenvalue weighted by molar-refractivity contribution is -0.142. The minimum absolute atomic E-state index is 0.00699. The molecule has 1 aliphatic heterocycles. The SMILES string of the molecule is CC(C)N1CC(=O)N(C)CC(C(=O)O)C1. The van der Waals surface area contributed by atoms with Crippen LogP contribution >= 0.6 is 0 Å². The molecule has 0 aromatic rings. The summed E-state index contributed by atoms with van der Waals surface area (Å²) in [6, 6.07) is 0.197. The van der Waals surface area contributed by atoms with E-state index < -0.39 is 11.9 Å². The van der Waals surface area contributed by atoms with Gasteiger partial charge in [-0.25, -0.2) is 0 Å². The number of carbonyl (C=O) groups excluding carboxylic acids is 1. The minimum Gasteiger partial charge on any atom is -0.481 e. The van der Waals surface area contributed by atoms with Crippen molar-refractivity contribution < 1.29 is 14.7 Å². The molecule has 0 bridgehead atoms. The van der Waals surface area contributed by atoms with E-state index in [4.69, 9.17) is 5.11 Å². The molecule has 86 valence electrons. The van der Waals surface area contributed by atoms with Crippen LogP contribution in [0, 0.1) is 5.92 Å². The number of hydrogen-bond donors (Lipinski definition) is 1. The first-order valence-corrected chi connectivity index (χ1v) is 5.12. The first-order chi connectivity index (χ1) is 6.91. The van der Waals surface area contributed by atoms with Crippen LogP contribution in [0.5, 0.6) is 0 Å². The van der Waals surface area contributed by atoms with E-state index in [1.165, 1.54) is 4.90 Å². The van der Waals surface area contributed by atoms with Crippen molar-refractivity contribution in [2.45, 2.75) is 19.9 Å². The van der Waals surface area contributed by atoms with Gasteiger partial charge in [0.25, 0.3) is 0 Å². The fourth-order valence-corrected chi connectivity index (χ4v) is 1.68. The number of carboxylic acids is 1. The molecule has 0 radical (unpaired) electrons. The maximum atomic E-state index is 11.6. The Morgan fingerprint density at radius 2 is 2.07 bits per heavy atom. The third kappa shape index (κ3) is 2.92. The Labute approximate surface area is 89.7 Å². The number of nitrogens with zero attached hydrogens (tertiary/aromatic N) is 2. The minimum atomic E-state index is -0.831. The van der Waals surface area contributed by atoms with Gasteiger partial charge in [-0.2, -0.15) is 0 Å². The first kappa shape index (κ1) is 12.0. The molecule has 1 N–H and O–H groups in total. The topological polar surface area (TPSA) is 60.9 Å². The van der Waals surface area contributed by atoms with Gasteiger partial charge in [0.2, 0.25) is 5.91 Å². The molecule has 1 saturated heterocycles. The van der Waals surface area contributed by atoms with Gasteiger partial charge in [0.15, 0.2) is 0 Å². The monoisotopic (exact) mass is 214 g/mol. The van der Waals surface area contributed by atoms with Crippen LogP contribution in [0.2, 0.25) is 0 Å². The van der Waals surface area contributed by atoms with E-state index in [2.05, 4.69) is 0 Å². The van der Waals surface area contributed by atoms with Gasteiger partial charge in [0, 0.05) is 26.2 Å². The number of likely N-dealkylation sites (N-methyl/N-ethyl adjacent to an activating group) is 1. The average Bonchev–Trinajstić information content (AvgIpc) is 2.27. The molecular weight excluding hydrogens is 196 g/mol. The summed E-state index contributed by atoms with van der Waals surface area (Å²) >= 11 is 0. The van der Waals surface area contributed by atoms with E-state index >= 15 is 0 Å². The summed E-state index contributed by atoms with van der Waals surface area (Å²) in [6.07, 6.45) is 0. The number of rotatable bonds is 2. The molecular formula is C10H18N2O3. The largest absolute Gasteiger partial charge is 0.481 e. The molecule has 0 spiro atoms. The number of carboxylic acid groups (broad SMARTS) is 1. The van der Waals surface area contributed by atoms with Gasteiger partial charge in [0.05, 0.1) is 12.5 Å². The van der Waals surface area contributed by atoms with Crippen LogP contribution in [0.25, 0.3) is 0 Å². The van der Waals surface area contributed by atoms with Crippen molar-refractivity contribution in [3.05, 3.63) is 0 Å². The summed E-state index contributed by atoms with van der Waals surface area (Å²) in [5.41, 5.74) is 0. The van der Waals surface area contributed by atoms with Crippen LogP contribution < -0.4 is 0 Å². The van der Waals surface area contributed by atoms with Gasteiger partial charge in [-0.3, -0.25) is 14.5 Å². The van der Waals surface area contributed by atoms with Crippen LogP contribution in [0.15, 0.2) is 0 Å². The van der Waals surface area contributed by atoms with Crippen LogP contribution in [0.1, 0.15) is 13.8 Å². The zero-order chi connectivity index (χ0) is 11.6. The van der Waals surface area contributed by atoms with E-state index in [-0.39, 0.29) is 11.9 Å². The lowest BCUT2D eigenvalue weighted by Gasteiger charge is -2.24. The first-order valence-electron chi connectivity index (χ1n) is 5.12. The molecule has 5 heteroatoms. The standard InChI is InChI=1S/C10H18N2O3/c1-7(2)12-5-8(10(14)15)4-11(3)9(13)6-12/h7-8H,4-6H2,1-3H3,(H,14,15). The average molecular weight is 214 g/mol. The van der Waals surface area contributed by atoms with E-state index in [0.717, 1.165) is 0 Å². The van der Waals surface area contributed by atoms with Crippen molar-refractivity contribution in [2.24, 2.45) is 5.92 Å². The lowest BCUT2D eigenvalue weighted by atomic mass is 10.1. The Kier molecular flexibility index (Phi) is 3.68. The van der Waals surface area contributed by atoms with Crippen LogP contribution in [-0.4, -0.2) is 59.5 Å². The Balaban J connectivity index is 2.79. The van der Waals surface area contributed by atoms with Crippen molar-refractivity contribution in [1.29, 1.82) is 0 Å². The predicted octanol–water partition coefficient (Wildman–Crippen LogP) is -0.130. The highest BCUT2D eigenvalue weighted by molar-refractivity contribution is 5.80. The Hall–Kier alpha value is -1.10. The van der Waals surface area contributed by atoms with Crippen molar-refractivity contribution >= 4 is 11.9 Å². The molecule has 1 fully saturated rings. The van der Waals surface area contributed by atoms with Crippen LogP contribution in [0.4, 0.5) is 0 Å². The molecule has 0 saturated carbocycles. The van der Waals surface area contributed by atoms with E-state index in [9.17, 15) is 9.59 Å². The molecule has 1 unspecified atom stereocenters. The molecule has 1 amide bonds. The quantitative estimate of drug-likeness (QED) is 0.695. The van der Waals surface area contributed by atoms with Gasteiger partial charge in [0.1, 0.15) is 0 Å². The van der Waals surface area contributed by atoms with Gasteiger partial charge in [-0.15, -0.1) is 0 Å². The van der Waals surface area contributed by atoms with Crippen molar-refractivity contribution in [1.82, 2.24) is 9.80 Å². The van der Waals surface area contributed by atoms with E-state index in [1.807, 2.05) is 18.7 Å². The second-order valence-corrected chi connectivity index (χ2v) is 4.33. The molecule has 5 nitrogen and oxygen atoms in total. The molecule has 0 aromatic carbocycles. The Morgan fingerprint density at radius 3 is 2.53 bits per heavy atom. The van der Waals surface area contributed by atoms with Crippen molar-refractivity contribution in [3.63, 3.8) is 0 Å². The highest BCUT2D eigenvalue weighted by atomic mass is 16.4. The highest BCUT2D eigenvalue weighted by Crippen LogP contribution is 2.12. The molecule has 0 aromatic heterocycles. The predicted molar refractivity (Wildman–Crippen MR) is 55.5 cm³/mol. The highest BCUT2D eigenvalue weighted by Gasteiger charge is 2.30. The van der Waals surface area contributed by atoms with Gasteiger partial charge >= 0.3 is 5.97 Å². The van der Waals surface area contributed by atoms with E-state index in [1.54, 1.807) is 7.05 Å². The number of aliphatic carboxylic acids is 1. The summed E-state index contributed by atoms with van der Waals surface area (Å²) in [4.78, 5) is 26.0. The normalized spacial score (nSPS) is 24.4. The molecule has 1 atom stereocenters. The van der Waals surface area contributed by atoms with Crippen molar-refractivity contribution in [2.75, 3.05) is 26.7 Å². The molecule has 1 rings (SSSR count). The van der Waals surface area contributed by atoms with Gasteiger partial charge < -0.3 is 10.0 Å². The maximum absolute atomic E-state index is 11.6. The summed E-state index contributed by atoms with van der Waals surface area (Å²) in [5, 5.41) is 9.00. The van der Waals surface area contributed by atoms with E-state index in [0.29, 0.717) is 19.6 Å². The van der Waals surface area contributed by atoms with Crippen LogP contribution in [0.3, 0.4) is 0 Å². The van der Waals surface area contributed by atoms with Crippen LogP contribution in [-0.2, 0) is 9.59 Å². The Morgan fingerprint density at radius 1 is 1.47 bits per heavy atom.